The summed E-state index contributed by atoms with van der Waals surface area (Å²) < 4.78 is 54.9. The van der Waals surface area contributed by atoms with Gasteiger partial charge in [-0.1, -0.05) is 12.1 Å². The normalized spacial score (nSPS) is 11.6. The van der Waals surface area contributed by atoms with Crippen molar-refractivity contribution in [3.8, 4) is 11.1 Å². The molecule has 2 aromatic carbocycles. The van der Waals surface area contributed by atoms with Gasteiger partial charge in [0.15, 0.2) is 0 Å². The lowest BCUT2D eigenvalue weighted by Gasteiger charge is -2.15. The second-order valence-corrected chi connectivity index (χ2v) is 4.47. The number of aryl methyl sites for hydroxylation is 1. The number of nitrogens with one attached hydrogen (secondary N) is 1. The SMILES string of the molecule is Cc1cc(N)ccc1-c1ccc(N)cc1C(F)(F)F.[2H]N([B])F. The molecule has 2 aromatic rings. The number of anilines is 2. The highest BCUT2D eigenvalue weighted by Gasteiger charge is 2.34. The molecule has 5 N–H and O–H groups in total. The number of hydrogen-bond acceptors (Lipinski definition) is 3. The van der Waals surface area contributed by atoms with E-state index in [-0.39, 0.29) is 11.3 Å². The van der Waals surface area contributed by atoms with Crippen LogP contribution in [0.25, 0.3) is 11.1 Å². The van der Waals surface area contributed by atoms with Crippen molar-refractivity contribution >= 4 is 19.4 Å². The Balaban J connectivity index is 0.000000593. The zero-order chi connectivity index (χ0) is 17.8. The molecule has 0 atom stereocenters. The maximum atomic E-state index is 13.0. The van der Waals surface area contributed by atoms with Gasteiger partial charge < -0.3 is 11.5 Å². The topological polar surface area (TPSA) is 64.1 Å². The fraction of sp³-hybridized carbons (Fsp3) is 0.143. The lowest BCUT2D eigenvalue weighted by Crippen LogP contribution is -2.08. The third-order valence-corrected chi connectivity index (χ3v) is 2.89. The highest BCUT2D eigenvalue weighted by Crippen LogP contribution is 2.39. The molecule has 22 heavy (non-hydrogen) atoms. The van der Waals surface area contributed by atoms with Crippen LogP contribution in [0.15, 0.2) is 36.4 Å². The largest absolute Gasteiger partial charge is 0.417 e. The first-order valence-corrected chi connectivity index (χ1v) is 6.05. The second kappa shape index (κ2) is 7.17. The summed E-state index contributed by atoms with van der Waals surface area (Å²) in [6.45, 7) is 1.72. The van der Waals surface area contributed by atoms with Gasteiger partial charge in [-0.3, -0.25) is 0 Å². The summed E-state index contributed by atoms with van der Waals surface area (Å²) >= 11 is 0. The summed E-state index contributed by atoms with van der Waals surface area (Å²) in [6, 6.07) is 8.61. The fourth-order valence-electron chi connectivity index (χ4n) is 2.02. The Kier molecular flexibility index (Phi) is 5.27. The van der Waals surface area contributed by atoms with Crippen molar-refractivity contribution in [3.63, 3.8) is 0 Å². The zero-order valence-electron chi connectivity index (χ0n) is 12.7. The molecule has 0 bridgehead atoms. The zero-order valence-corrected chi connectivity index (χ0v) is 11.7. The third kappa shape index (κ3) is 4.39. The second-order valence-electron chi connectivity index (χ2n) is 4.47. The molecular formula is C14H14BF4N3. The van der Waals surface area contributed by atoms with Gasteiger partial charge in [0.2, 0.25) is 7.98 Å². The molecule has 0 fully saturated rings. The van der Waals surface area contributed by atoms with Crippen LogP contribution in [0.4, 0.5) is 29.0 Å². The number of halogens is 4. The minimum absolute atomic E-state index is 0.0872. The molecular weight excluding hydrogens is 297 g/mol. The van der Waals surface area contributed by atoms with Gasteiger partial charge in [0.25, 0.3) is 0 Å². The Bertz CT molecular complexity index is 675. The van der Waals surface area contributed by atoms with E-state index in [1.165, 1.54) is 12.1 Å². The van der Waals surface area contributed by atoms with Crippen LogP contribution in [0.1, 0.15) is 11.1 Å². The van der Waals surface area contributed by atoms with Crippen LogP contribution >= 0.6 is 0 Å². The van der Waals surface area contributed by atoms with Crippen molar-refractivity contribution in [2.75, 3.05) is 11.5 Å². The number of alkyl halides is 3. The van der Waals surface area contributed by atoms with E-state index in [0.29, 0.717) is 16.8 Å². The van der Waals surface area contributed by atoms with Crippen LogP contribution in [-0.4, -0.2) is 7.98 Å². The number of rotatable bonds is 1. The Morgan fingerprint density at radius 2 is 1.50 bits per heavy atom. The Morgan fingerprint density at radius 1 is 1.05 bits per heavy atom. The van der Waals surface area contributed by atoms with Crippen LogP contribution in [0, 0.1) is 6.92 Å². The molecule has 0 saturated carbocycles. The van der Waals surface area contributed by atoms with Crippen LogP contribution in [0.5, 0.6) is 0 Å². The van der Waals surface area contributed by atoms with Crippen molar-refractivity contribution in [1.82, 2.24) is 5.44 Å². The first kappa shape index (κ1) is 16.2. The molecule has 0 amide bonds. The molecule has 0 aliphatic rings. The highest BCUT2D eigenvalue weighted by molar-refractivity contribution is 6.03. The standard InChI is InChI=1S/C14H13F3N2.BFHN/c1-8-6-9(18)2-4-11(8)12-5-3-10(19)7-13(12)14(15,16)17;1-3-2/h2-7H,18-19H2,1H3;3H/i;3D. The summed E-state index contributed by atoms with van der Waals surface area (Å²) in [4.78, 5) is 0. The molecule has 2 rings (SSSR count). The van der Waals surface area contributed by atoms with Gasteiger partial charge >= 0.3 is 6.18 Å². The summed E-state index contributed by atoms with van der Waals surface area (Å²) in [5, 5.41) is 0. The van der Waals surface area contributed by atoms with E-state index in [1.54, 1.807) is 25.1 Å². The summed E-state index contributed by atoms with van der Waals surface area (Å²) in [5.41, 5.74) is 11.5. The highest BCUT2D eigenvalue weighted by atomic mass is 19.4. The van der Waals surface area contributed by atoms with E-state index in [4.69, 9.17) is 12.9 Å². The smallest absolute Gasteiger partial charge is 0.399 e. The molecule has 0 aromatic heterocycles. The molecule has 0 spiro atoms. The first-order chi connectivity index (χ1) is 10.5. The Hall–Kier alpha value is -2.22. The molecule has 3 nitrogen and oxygen atoms in total. The van der Waals surface area contributed by atoms with Gasteiger partial charge in [0.05, 0.1) is 5.56 Å². The van der Waals surface area contributed by atoms with Crippen LogP contribution < -0.4 is 16.9 Å². The van der Waals surface area contributed by atoms with Gasteiger partial charge in [0.1, 0.15) is 1.41 Å². The predicted octanol–water partition coefficient (Wildman–Crippen LogP) is 3.39. The molecule has 0 aliphatic heterocycles. The third-order valence-electron chi connectivity index (χ3n) is 2.89. The quantitative estimate of drug-likeness (QED) is 0.327. The minimum atomic E-state index is -4.45. The monoisotopic (exact) mass is 312 g/mol. The van der Waals surface area contributed by atoms with E-state index in [0.717, 1.165) is 6.07 Å². The van der Waals surface area contributed by atoms with E-state index in [9.17, 15) is 17.7 Å². The Labute approximate surface area is 128 Å². The average Bonchev–Trinajstić information content (AvgIpc) is 2.37. The number of nitrogen functional groups attached to an aromatic ring is 2. The van der Waals surface area contributed by atoms with Crippen molar-refractivity contribution in [2.24, 2.45) is 0 Å². The lowest BCUT2D eigenvalue weighted by molar-refractivity contribution is -0.137. The van der Waals surface area contributed by atoms with Gasteiger partial charge in [-0.15, -0.1) is 0 Å². The average molecular weight is 312 g/mol. The van der Waals surface area contributed by atoms with E-state index < -0.39 is 17.2 Å². The van der Waals surface area contributed by atoms with Gasteiger partial charge in [0, 0.05) is 11.4 Å². The lowest BCUT2D eigenvalue weighted by atomic mass is 9.95. The summed E-state index contributed by atoms with van der Waals surface area (Å²) in [7, 11) is 3.94. The fourth-order valence-corrected chi connectivity index (χ4v) is 2.02. The number of hydrogen-bond donors (Lipinski definition) is 3. The Morgan fingerprint density at radius 3 is 1.95 bits per heavy atom. The molecule has 0 aliphatic carbocycles. The van der Waals surface area contributed by atoms with Crippen LogP contribution in [0.2, 0.25) is 1.41 Å². The molecule has 8 heteroatoms. The van der Waals surface area contributed by atoms with Crippen molar-refractivity contribution in [1.29, 1.82) is 0 Å². The number of nitrogens with two attached hydrogens (primary N) is 2. The van der Waals surface area contributed by atoms with Crippen molar-refractivity contribution in [3.05, 3.63) is 47.5 Å². The maximum Gasteiger partial charge on any atom is 0.417 e. The van der Waals surface area contributed by atoms with Gasteiger partial charge in [-0.05, 0) is 47.9 Å². The van der Waals surface area contributed by atoms with Crippen LogP contribution in [-0.2, 0) is 6.18 Å². The number of benzene rings is 2. The van der Waals surface area contributed by atoms with Gasteiger partial charge in [-0.25, -0.2) is 5.44 Å². The molecule has 0 heterocycles. The molecule has 0 saturated heterocycles. The van der Waals surface area contributed by atoms with Crippen LogP contribution in [0.3, 0.4) is 0 Å². The van der Waals surface area contributed by atoms with E-state index >= 15 is 0 Å². The molecule has 116 valence electrons. The van der Waals surface area contributed by atoms with E-state index in [2.05, 4.69) is 7.98 Å². The summed E-state index contributed by atoms with van der Waals surface area (Å²) in [6.07, 6.45) is -4.45. The predicted molar refractivity (Wildman–Crippen MR) is 80.4 cm³/mol. The minimum Gasteiger partial charge on any atom is -0.399 e. The van der Waals surface area contributed by atoms with E-state index in [1.807, 2.05) is 0 Å². The first-order valence-electron chi connectivity index (χ1n) is 6.49. The molecule has 2 radical (unpaired) electrons. The van der Waals surface area contributed by atoms with Gasteiger partial charge in [-0.2, -0.15) is 17.7 Å². The maximum absolute atomic E-state index is 13.0. The van der Waals surface area contributed by atoms with Crippen molar-refractivity contribution < 1.29 is 19.1 Å². The van der Waals surface area contributed by atoms with Crippen molar-refractivity contribution in [2.45, 2.75) is 13.1 Å². The molecule has 0 unspecified atom stereocenters. The summed E-state index contributed by atoms with van der Waals surface area (Å²) in [5.74, 6) is 0.